The molecule has 1 heterocycles. The van der Waals surface area contributed by atoms with Crippen molar-refractivity contribution in [1.29, 1.82) is 5.26 Å². The number of benzene rings is 1. The van der Waals surface area contributed by atoms with E-state index in [1.165, 1.54) is 6.20 Å². The first kappa shape index (κ1) is 14.3. The second-order valence-electron chi connectivity index (χ2n) is 4.35. The minimum Gasteiger partial charge on any atom is -0.439 e. The average Bonchev–Trinajstić information content (AvgIpc) is 2.49. The van der Waals surface area contributed by atoms with Crippen molar-refractivity contribution in [3.63, 3.8) is 0 Å². The van der Waals surface area contributed by atoms with Gasteiger partial charge in [0.1, 0.15) is 5.75 Å². The highest BCUT2D eigenvalue weighted by atomic mass is 16.5. The fourth-order valence-electron chi connectivity index (χ4n) is 1.75. The van der Waals surface area contributed by atoms with Crippen molar-refractivity contribution in [2.24, 2.45) is 0 Å². The maximum Gasteiger partial charge on any atom is 0.219 e. The maximum absolute atomic E-state index is 10.3. The van der Waals surface area contributed by atoms with Gasteiger partial charge in [0.05, 0.1) is 23.5 Å². The lowest BCUT2D eigenvalue weighted by atomic mass is 10.0. The number of aromatic nitrogens is 1. The van der Waals surface area contributed by atoms with Crippen LogP contribution in [0.25, 0.3) is 5.57 Å². The molecule has 0 bridgehead atoms. The summed E-state index contributed by atoms with van der Waals surface area (Å²) in [5.74, 6) is 0.958. The van der Waals surface area contributed by atoms with E-state index in [0.717, 1.165) is 11.1 Å². The Bertz CT molecular complexity index is 715. The highest BCUT2D eigenvalue weighted by molar-refractivity contribution is 5.70. The molecule has 5 heteroatoms. The summed E-state index contributed by atoms with van der Waals surface area (Å²) in [4.78, 5) is 14.4. The van der Waals surface area contributed by atoms with Gasteiger partial charge < -0.3 is 10.1 Å². The molecule has 1 N–H and O–H groups in total. The maximum atomic E-state index is 10.3. The van der Waals surface area contributed by atoms with Crippen LogP contribution in [-0.2, 0) is 4.79 Å². The molecule has 1 aromatic heterocycles. The van der Waals surface area contributed by atoms with Crippen molar-refractivity contribution in [1.82, 2.24) is 4.98 Å². The van der Waals surface area contributed by atoms with Crippen molar-refractivity contribution in [2.75, 3.05) is 5.32 Å². The highest BCUT2D eigenvalue weighted by Gasteiger charge is 2.06. The molecule has 1 amide bonds. The van der Waals surface area contributed by atoms with Gasteiger partial charge in [-0.05, 0) is 42.3 Å². The molecule has 0 aliphatic rings. The molecule has 21 heavy (non-hydrogen) atoms. The van der Waals surface area contributed by atoms with Gasteiger partial charge in [-0.15, -0.1) is 0 Å². The van der Waals surface area contributed by atoms with Crippen LogP contribution in [0.1, 0.15) is 18.1 Å². The number of nitrogens with one attached hydrogen (secondary N) is 1. The number of hydrogen-bond acceptors (Lipinski definition) is 4. The molecule has 1 aromatic carbocycles. The molecule has 104 valence electrons. The SMILES string of the molecule is C=C(C)c1cc(Oc2ccc(NC=O)cn2)ccc1C#N. The smallest absolute Gasteiger partial charge is 0.219 e. The fraction of sp³-hybridized carbons (Fsp3) is 0.0625. The van der Waals surface area contributed by atoms with Crippen LogP contribution < -0.4 is 10.1 Å². The zero-order valence-electron chi connectivity index (χ0n) is 11.5. The third kappa shape index (κ3) is 3.45. The summed E-state index contributed by atoms with van der Waals surface area (Å²) in [6.45, 7) is 5.68. The molecule has 0 atom stereocenters. The molecule has 0 aliphatic heterocycles. The van der Waals surface area contributed by atoms with Crippen molar-refractivity contribution in [2.45, 2.75) is 6.92 Å². The zero-order valence-corrected chi connectivity index (χ0v) is 11.5. The normalized spacial score (nSPS) is 9.52. The summed E-state index contributed by atoms with van der Waals surface area (Å²) >= 11 is 0. The van der Waals surface area contributed by atoms with Crippen LogP contribution in [-0.4, -0.2) is 11.4 Å². The number of carbonyl (C=O) groups is 1. The summed E-state index contributed by atoms with van der Waals surface area (Å²) in [6.07, 6.45) is 2.07. The van der Waals surface area contributed by atoms with Gasteiger partial charge in [0.25, 0.3) is 0 Å². The number of anilines is 1. The van der Waals surface area contributed by atoms with E-state index in [9.17, 15) is 4.79 Å². The number of allylic oxidation sites excluding steroid dienone is 1. The Labute approximate surface area is 122 Å². The minimum absolute atomic E-state index is 0.392. The second-order valence-corrected chi connectivity index (χ2v) is 4.35. The van der Waals surface area contributed by atoms with Gasteiger partial charge in [0.2, 0.25) is 12.3 Å². The standard InChI is InChI=1S/C16H13N3O2/c1-11(2)15-7-14(5-3-12(15)8-17)21-16-6-4-13(9-18-16)19-10-20/h3-7,9-10H,1H2,2H3,(H,19,20). The molecule has 2 aromatic rings. The van der Waals surface area contributed by atoms with E-state index in [2.05, 4.69) is 22.9 Å². The summed E-state index contributed by atoms with van der Waals surface area (Å²) in [6, 6.07) is 10.6. The lowest BCUT2D eigenvalue weighted by Crippen LogP contribution is -1.95. The Morgan fingerprint density at radius 1 is 1.43 bits per heavy atom. The van der Waals surface area contributed by atoms with E-state index >= 15 is 0 Å². The van der Waals surface area contributed by atoms with Gasteiger partial charge in [0.15, 0.2) is 0 Å². The Balaban J connectivity index is 2.23. The fourth-order valence-corrected chi connectivity index (χ4v) is 1.75. The average molecular weight is 279 g/mol. The van der Waals surface area contributed by atoms with E-state index in [1.54, 1.807) is 30.3 Å². The molecular formula is C16H13N3O2. The lowest BCUT2D eigenvalue weighted by molar-refractivity contribution is -0.105. The Morgan fingerprint density at radius 3 is 2.81 bits per heavy atom. The minimum atomic E-state index is 0.392. The Kier molecular flexibility index (Phi) is 4.32. The van der Waals surface area contributed by atoms with Gasteiger partial charge >= 0.3 is 0 Å². The predicted octanol–water partition coefficient (Wildman–Crippen LogP) is 3.35. The topological polar surface area (TPSA) is 75.0 Å². The van der Waals surface area contributed by atoms with E-state index < -0.39 is 0 Å². The molecule has 0 fully saturated rings. The van der Waals surface area contributed by atoms with E-state index in [1.807, 2.05) is 6.92 Å². The molecule has 5 nitrogen and oxygen atoms in total. The number of ether oxygens (including phenoxy) is 1. The quantitative estimate of drug-likeness (QED) is 0.852. The van der Waals surface area contributed by atoms with Gasteiger partial charge in [-0.2, -0.15) is 5.26 Å². The molecule has 0 radical (unpaired) electrons. The first-order valence-corrected chi connectivity index (χ1v) is 6.18. The Morgan fingerprint density at radius 2 is 2.24 bits per heavy atom. The number of hydrogen-bond donors (Lipinski definition) is 1. The lowest BCUT2D eigenvalue weighted by Gasteiger charge is -2.09. The number of pyridine rings is 1. The highest BCUT2D eigenvalue weighted by Crippen LogP contribution is 2.26. The summed E-state index contributed by atoms with van der Waals surface area (Å²) in [5.41, 5.74) is 2.66. The first-order valence-electron chi connectivity index (χ1n) is 6.18. The summed E-state index contributed by atoms with van der Waals surface area (Å²) in [5, 5.41) is 11.5. The third-order valence-electron chi connectivity index (χ3n) is 2.76. The number of nitriles is 1. The molecule has 2 rings (SSSR count). The van der Waals surface area contributed by atoms with E-state index in [4.69, 9.17) is 10.00 Å². The van der Waals surface area contributed by atoms with Gasteiger partial charge in [-0.1, -0.05) is 6.58 Å². The van der Waals surface area contributed by atoms with Crippen LogP contribution in [0, 0.1) is 11.3 Å². The van der Waals surface area contributed by atoms with E-state index in [-0.39, 0.29) is 0 Å². The first-order chi connectivity index (χ1) is 10.1. The summed E-state index contributed by atoms with van der Waals surface area (Å²) < 4.78 is 5.62. The second kappa shape index (κ2) is 6.35. The number of nitrogens with zero attached hydrogens (tertiary/aromatic N) is 2. The number of carbonyl (C=O) groups excluding carboxylic acids is 1. The van der Waals surface area contributed by atoms with Crippen molar-refractivity contribution < 1.29 is 9.53 Å². The zero-order chi connectivity index (χ0) is 15.2. The molecule has 0 saturated carbocycles. The molecule has 0 aliphatic carbocycles. The molecule has 0 unspecified atom stereocenters. The number of amides is 1. The molecule has 0 saturated heterocycles. The van der Waals surface area contributed by atoms with Crippen LogP contribution in [0.2, 0.25) is 0 Å². The van der Waals surface area contributed by atoms with Crippen molar-refractivity contribution >= 4 is 17.7 Å². The molecule has 0 spiro atoms. The van der Waals surface area contributed by atoms with Crippen LogP contribution in [0.15, 0.2) is 43.1 Å². The van der Waals surface area contributed by atoms with Crippen LogP contribution >= 0.6 is 0 Å². The Hall–Kier alpha value is -3.13. The van der Waals surface area contributed by atoms with Crippen LogP contribution in [0.3, 0.4) is 0 Å². The predicted molar refractivity (Wildman–Crippen MR) is 79.9 cm³/mol. The van der Waals surface area contributed by atoms with Crippen molar-refractivity contribution in [3.05, 3.63) is 54.2 Å². The van der Waals surface area contributed by atoms with Gasteiger partial charge in [-0.3, -0.25) is 4.79 Å². The molecular weight excluding hydrogens is 266 g/mol. The van der Waals surface area contributed by atoms with Crippen LogP contribution in [0.5, 0.6) is 11.6 Å². The summed E-state index contributed by atoms with van der Waals surface area (Å²) in [7, 11) is 0. The third-order valence-corrected chi connectivity index (χ3v) is 2.76. The largest absolute Gasteiger partial charge is 0.439 e. The van der Waals surface area contributed by atoms with Crippen molar-refractivity contribution in [3.8, 4) is 17.7 Å². The van der Waals surface area contributed by atoms with Gasteiger partial charge in [-0.25, -0.2) is 4.98 Å². The number of rotatable bonds is 5. The van der Waals surface area contributed by atoms with Gasteiger partial charge in [0, 0.05) is 6.07 Å². The monoisotopic (exact) mass is 279 g/mol. The van der Waals surface area contributed by atoms with E-state index in [0.29, 0.717) is 29.3 Å². The van der Waals surface area contributed by atoms with Crippen LogP contribution in [0.4, 0.5) is 5.69 Å².